The summed E-state index contributed by atoms with van der Waals surface area (Å²) in [6, 6.07) is 12.2. The number of aryl methyl sites for hydroxylation is 1. The maximum absolute atomic E-state index is 13.0. The quantitative estimate of drug-likeness (QED) is 0.284. The van der Waals surface area contributed by atoms with Crippen LogP contribution < -0.4 is 4.72 Å². The van der Waals surface area contributed by atoms with Crippen LogP contribution in [-0.2, 0) is 14.8 Å². The summed E-state index contributed by atoms with van der Waals surface area (Å²) in [6.07, 6.45) is 0. The van der Waals surface area contributed by atoms with E-state index in [0.29, 0.717) is 16.6 Å². The van der Waals surface area contributed by atoms with Crippen LogP contribution in [0.3, 0.4) is 0 Å². The Hall–Kier alpha value is -1.83. The van der Waals surface area contributed by atoms with Crippen molar-refractivity contribution in [3.05, 3.63) is 53.9 Å². The molecule has 4 rings (SSSR count). The fourth-order valence-corrected chi connectivity index (χ4v) is 14.2. The Balaban J connectivity index is 1.65. The zero-order valence-corrected chi connectivity index (χ0v) is 18.6. The summed E-state index contributed by atoms with van der Waals surface area (Å²) in [5, 5.41) is 13.7. The molecule has 0 aliphatic carbocycles. The first-order valence-corrected chi connectivity index (χ1v) is 14.9. The number of nitrogens with one attached hydrogen (secondary N) is 1. The van der Waals surface area contributed by atoms with Crippen LogP contribution in [0.2, 0.25) is 0 Å². The van der Waals surface area contributed by atoms with Gasteiger partial charge in [-0.3, -0.25) is 0 Å². The van der Waals surface area contributed by atoms with E-state index in [9.17, 15) is 18.3 Å². The van der Waals surface area contributed by atoms with Gasteiger partial charge in [-0.25, -0.2) is 0 Å². The third kappa shape index (κ3) is 3.15. The molecular weight excluding hydrogens is 517 g/mol. The first-order chi connectivity index (χ1) is 13.3. The number of thiophene rings is 1. The number of carboxylic acids is 1. The van der Waals surface area contributed by atoms with Crippen molar-refractivity contribution in [2.75, 3.05) is 4.93 Å². The number of rotatable bonds is 6. The molecule has 0 amide bonds. The molecule has 11 heteroatoms. The molecule has 0 radical (unpaired) electrons. The van der Waals surface area contributed by atoms with Gasteiger partial charge in [0, 0.05) is 0 Å². The molecule has 0 unspecified atom stereocenters. The molecular formula is C17H16IN3O5S2. The second kappa shape index (κ2) is 6.90. The zero-order valence-electron chi connectivity index (χ0n) is 14.8. The second-order valence-corrected chi connectivity index (χ2v) is 15.1. The molecule has 1 saturated heterocycles. The molecule has 1 fully saturated rings. The predicted octanol–water partition coefficient (Wildman–Crippen LogP) is 3.06. The number of alkyl halides is 3. The van der Waals surface area contributed by atoms with Gasteiger partial charge < -0.3 is 0 Å². The average molecular weight is 533 g/mol. The van der Waals surface area contributed by atoms with Crippen LogP contribution in [0, 0.1) is 6.92 Å². The number of hydrogen-bond donors (Lipinski definition) is 2. The van der Waals surface area contributed by atoms with Crippen molar-refractivity contribution in [3.63, 3.8) is 0 Å². The molecule has 0 spiro atoms. The van der Waals surface area contributed by atoms with Crippen molar-refractivity contribution < 1.29 is 22.8 Å². The van der Waals surface area contributed by atoms with E-state index in [1.165, 1.54) is 6.07 Å². The molecule has 1 aliphatic rings. The molecule has 1 aliphatic heterocycles. The summed E-state index contributed by atoms with van der Waals surface area (Å²) in [5.41, 5.74) is 0.856. The Morgan fingerprint density at radius 2 is 2.00 bits per heavy atom. The molecule has 0 bridgehead atoms. The van der Waals surface area contributed by atoms with Crippen LogP contribution in [0.4, 0.5) is 0 Å². The van der Waals surface area contributed by atoms with Gasteiger partial charge in [0.15, 0.2) is 0 Å². The number of aromatic nitrogens is 2. The maximum atomic E-state index is 13.0. The molecule has 2 aromatic heterocycles. The number of hydrogen-bond acceptors (Lipinski definition) is 7. The van der Waals surface area contributed by atoms with Crippen LogP contribution in [0.1, 0.15) is 15.4 Å². The van der Waals surface area contributed by atoms with E-state index in [2.05, 4.69) is 14.9 Å². The number of carboxylic acid groups (broad SMARTS) is 1. The van der Waals surface area contributed by atoms with Crippen molar-refractivity contribution in [2.24, 2.45) is 0 Å². The molecule has 148 valence electrons. The van der Waals surface area contributed by atoms with Crippen LogP contribution >= 0.6 is 31.2 Å². The summed E-state index contributed by atoms with van der Waals surface area (Å²) in [4.78, 5) is 18.6. The van der Waals surface area contributed by atoms with Crippen molar-refractivity contribution in [1.82, 2.24) is 14.9 Å². The van der Waals surface area contributed by atoms with Crippen LogP contribution in [-0.4, -0.2) is 38.1 Å². The number of benzene rings is 1. The standard InChI is InChI=1S/C17H16IN3O5S2/c1-10-19-15(20-26-10)12-8-9-13(27-12)28(24,25)21-17(16(22)23)14(18(17)2)11-6-4-3-5-7-11/h3-9,14,21H,1-2H3,(H,22,23)/t14-,17+/m1/s1. The van der Waals surface area contributed by atoms with Crippen LogP contribution in [0.15, 0.2) is 51.2 Å². The monoisotopic (exact) mass is 533 g/mol. The van der Waals surface area contributed by atoms with Gasteiger partial charge in [-0.2, -0.15) is 0 Å². The van der Waals surface area contributed by atoms with Gasteiger partial charge >= 0.3 is 173 Å². The van der Waals surface area contributed by atoms with E-state index in [4.69, 9.17) is 4.52 Å². The molecule has 3 aromatic rings. The van der Waals surface area contributed by atoms with E-state index in [0.717, 1.165) is 16.9 Å². The normalized spacial score (nSPS) is 22.9. The third-order valence-electron chi connectivity index (χ3n) is 4.38. The molecule has 3 heterocycles. The molecule has 2 atom stereocenters. The summed E-state index contributed by atoms with van der Waals surface area (Å²) >= 11 is -1.16. The Bertz CT molecular complexity index is 1140. The first-order valence-electron chi connectivity index (χ1n) is 8.07. The van der Waals surface area contributed by atoms with Gasteiger partial charge in [0.25, 0.3) is 0 Å². The van der Waals surface area contributed by atoms with Crippen molar-refractivity contribution in [2.45, 2.75) is 18.6 Å². The van der Waals surface area contributed by atoms with E-state index in [1.807, 2.05) is 35.3 Å². The van der Waals surface area contributed by atoms with E-state index in [1.54, 1.807) is 13.0 Å². The third-order valence-corrected chi connectivity index (χ3v) is 14.7. The molecule has 2 N–H and O–H groups in total. The van der Waals surface area contributed by atoms with Crippen LogP contribution in [0.25, 0.3) is 10.7 Å². The Labute approximate surface area is 172 Å². The number of aliphatic carboxylic acids is 1. The Kier molecular flexibility index (Phi) is 4.80. The number of halogens is 1. The van der Waals surface area contributed by atoms with Gasteiger partial charge in [0.05, 0.1) is 0 Å². The summed E-state index contributed by atoms with van der Waals surface area (Å²) in [5.74, 6) is -0.447. The van der Waals surface area contributed by atoms with E-state index in [-0.39, 0.29) is 8.13 Å². The average Bonchev–Trinajstić information content (AvgIpc) is 3.06. The fraction of sp³-hybridized carbons (Fsp3) is 0.235. The Morgan fingerprint density at radius 1 is 1.29 bits per heavy atom. The molecule has 1 aromatic carbocycles. The van der Waals surface area contributed by atoms with E-state index >= 15 is 0 Å². The van der Waals surface area contributed by atoms with Gasteiger partial charge in [-0.05, 0) is 0 Å². The van der Waals surface area contributed by atoms with Crippen molar-refractivity contribution >= 4 is 47.1 Å². The molecule has 8 nitrogen and oxygen atoms in total. The van der Waals surface area contributed by atoms with E-state index < -0.39 is 39.4 Å². The fourth-order valence-electron chi connectivity index (χ4n) is 3.01. The predicted molar refractivity (Wildman–Crippen MR) is 112 cm³/mol. The zero-order chi connectivity index (χ0) is 20.1. The minimum atomic E-state index is -4.01. The topological polar surface area (TPSA) is 122 Å². The minimum absolute atomic E-state index is 0.0218. The number of nitrogens with zero attached hydrogens (tertiary/aromatic N) is 2. The number of sulfonamides is 1. The summed E-state index contributed by atoms with van der Waals surface area (Å²) < 4.78 is 31.7. The summed E-state index contributed by atoms with van der Waals surface area (Å²) in [7, 11) is -4.01. The van der Waals surface area contributed by atoms with Gasteiger partial charge in [-0.1, -0.05) is 0 Å². The SMILES string of the molecule is Cc1nc(-c2ccc(S(=O)(=O)N[C@]3(C(=O)O)[C@@H](c4ccccc4)I3C)s2)no1. The summed E-state index contributed by atoms with van der Waals surface area (Å²) in [6.45, 7) is 1.64. The van der Waals surface area contributed by atoms with Gasteiger partial charge in [0.2, 0.25) is 0 Å². The van der Waals surface area contributed by atoms with Crippen molar-refractivity contribution in [1.29, 1.82) is 0 Å². The van der Waals surface area contributed by atoms with Gasteiger partial charge in [-0.15, -0.1) is 0 Å². The van der Waals surface area contributed by atoms with Crippen molar-refractivity contribution in [3.8, 4) is 10.7 Å². The second-order valence-electron chi connectivity index (χ2n) is 6.17. The Morgan fingerprint density at radius 3 is 2.61 bits per heavy atom. The molecule has 28 heavy (non-hydrogen) atoms. The van der Waals surface area contributed by atoms with Gasteiger partial charge in [0.1, 0.15) is 0 Å². The number of carbonyl (C=O) groups is 1. The molecule has 0 saturated carbocycles. The first kappa shape index (κ1) is 19.5. The van der Waals surface area contributed by atoms with Crippen LogP contribution in [0.5, 0.6) is 0 Å².